The quantitative estimate of drug-likeness (QED) is 0.475. The standard InChI is InChI=1S/C15H21N2O2/c18-16(19)15-3-1-13(2-4-15)5-9-17-10-6-14(7-11-17)8-12-17/h1-4,14H,5-12H2/q+1. The first kappa shape index (κ1) is 12.6. The van der Waals surface area contributed by atoms with Gasteiger partial charge in [-0.05, 0) is 30.7 Å². The van der Waals surface area contributed by atoms with E-state index in [2.05, 4.69) is 0 Å². The highest BCUT2D eigenvalue weighted by Crippen LogP contribution is 2.33. The molecule has 3 heterocycles. The Morgan fingerprint density at radius 3 is 2.21 bits per heavy atom. The highest BCUT2D eigenvalue weighted by Gasteiger charge is 2.38. The van der Waals surface area contributed by atoms with Gasteiger partial charge in [0.1, 0.15) is 0 Å². The van der Waals surface area contributed by atoms with Crippen LogP contribution in [0.15, 0.2) is 24.3 Å². The van der Waals surface area contributed by atoms with Crippen LogP contribution < -0.4 is 0 Å². The van der Waals surface area contributed by atoms with E-state index in [1.807, 2.05) is 12.1 Å². The summed E-state index contributed by atoms with van der Waals surface area (Å²) in [6.45, 7) is 5.23. The van der Waals surface area contributed by atoms with Crippen LogP contribution in [-0.2, 0) is 6.42 Å². The van der Waals surface area contributed by atoms with Crippen LogP contribution in [0.2, 0.25) is 0 Å². The van der Waals surface area contributed by atoms with E-state index in [4.69, 9.17) is 0 Å². The minimum Gasteiger partial charge on any atom is -0.323 e. The second-order valence-corrected chi connectivity index (χ2v) is 6.14. The van der Waals surface area contributed by atoms with Crippen molar-refractivity contribution in [1.82, 2.24) is 0 Å². The SMILES string of the molecule is O=[N+]([O-])c1ccc(CC[N+]23CCC(CC2)CC3)cc1. The Balaban J connectivity index is 1.61. The number of non-ortho nitro benzene ring substituents is 1. The van der Waals surface area contributed by atoms with Crippen LogP contribution in [-0.4, -0.2) is 35.6 Å². The maximum absolute atomic E-state index is 10.6. The minimum atomic E-state index is -0.332. The van der Waals surface area contributed by atoms with E-state index >= 15 is 0 Å². The largest absolute Gasteiger partial charge is 0.323 e. The molecule has 0 radical (unpaired) electrons. The monoisotopic (exact) mass is 261 g/mol. The third-order valence-electron chi connectivity index (χ3n) is 5.06. The number of piperidine rings is 3. The second-order valence-electron chi connectivity index (χ2n) is 6.14. The summed E-state index contributed by atoms with van der Waals surface area (Å²) in [5.41, 5.74) is 1.42. The van der Waals surface area contributed by atoms with Crippen molar-refractivity contribution in [3.05, 3.63) is 39.9 Å². The highest BCUT2D eigenvalue weighted by molar-refractivity contribution is 5.32. The molecule has 0 aliphatic carbocycles. The maximum Gasteiger partial charge on any atom is 0.269 e. The molecule has 4 heteroatoms. The van der Waals surface area contributed by atoms with Gasteiger partial charge in [0.15, 0.2) is 0 Å². The molecule has 0 amide bonds. The first-order chi connectivity index (χ1) is 9.17. The summed E-state index contributed by atoms with van der Waals surface area (Å²) < 4.78 is 1.29. The van der Waals surface area contributed by atoms with Crippen molar-refractivity contribution in [2.75, 3.05) is 26.2 Å². The summed E-state index contributed by atoms with van der Waals surface area (Å²) >= 11 is 0. The number of nitro benzene ring substituents is 1. The van der Waals surface area contributed by atoms with Gasteiger partial charge in [-0.1, -0.05) is 12.1 Å². The summed E-state index contributed by atoms with van der Waals surface area (Å²) in [6.07, 6.45) is 5.25. The number of quaternary nitrogens is 1. The minimum absolute atomic E-state index is 0.189. The van der Waals surface area contributed by atoms with E-state index in [0.29, 0.717) is 0 Å². The molecule has 4 rings (SSSR count). The zero-order valence-electron chi connectivity index (χ0n) is 11.3. The molecule has 19 heavy (non-hydrogen) atoms. The van der Waals surface area contributed by atoms with Crippen LogP contribution in [0.3, 0.4) is 0 Å². The second kappa shape index (κ2) is 4.93. The van der Waals surface area contributed by atoms with Gasteiger partial charge in [0.25, 0.3) is 5.69 Å². The van der Waals surface area contributed by atoms with E-state index in [-0.39, 0.29) is 10.6 Å². The fourth-order valence-electron chi connectivity index (χ4n) is 3.62. The van der Waals surface area contributed by atoms with Crippen molar-refractivity contribution in [3.8, 4) is 0 Å². The van der Waals surface area contributed by atoms with Gasteiger partial charge in [0, 0.05) is 18.6 Å². The molecular weight excluding hydrogens is 240 g/mol. The Hall–Kier alpha value is -1.42. The van der Waals surface area contributed by atoms with Crippen molar-refractivity contribution >= 4 is 5.69 Å². The van der Waals surface area contributed by atoms with Crippen molar-refractivity contribution in [3.63, 3.8) is 0 Å². The van der Waals surface area contributed by atoms with Gasteiger partial charge in [-0.15, -0.1) is 0 Å². The number of hydrogen-bond acceptors (Lipinski definition) is 2. The molecule has 3 saturated heterocycles. The highest BCUT2D eigenvalue weighted by atomic mass is 16.6. The van der Waals surface area contributed by atoms with Crippen molar-refractivity contribution in [2.24, 2.45) is 5.92 Å². The average molecular weight is 261 g/mol. The van der Waals surface area contributed by atoms with Gasteiger partial charge in [-0.25, -0.2) is 0 Å². The molecule has 0 N–H and O–H groups in total. The number of hydrogen-bond donors (Lipinski definition) is 0. The first-order valence-electron chi connectivity index (χ1n) is 7.25. The topological polar surface area (TPSA) is 43.1 Å². The number of nitro groups is 1. The Bertz CT molecular complexity index is 448. The van der Waals surface area contributed by atoms with Gasteiger partial charge < -0.3 is 4.48 Å². The number of rotatable bonds is 4. The zero-order chi connectivity index (χ0) is 13.3. The van der Waals surface area contributed by atoms with Crippen molar-refractivity contribution in [2.45, 2.75) is 25.7 Å². The third-order valence-corrected chi connectivity index (χ3v) is 5.06. The molecule has 1 aromatic carbocycles. The molecule has 3 fully saturated rings. The Kier molecular flexibility index (Phi) is 3.27. The predicted octanol–water partition coefficient (Wildman–Crippen LogP) is 2.77. The third kappa shape index (κ3) is 2.63. The smallest absolute Gasteiger partial charge is 0.269 e. The predicted molar refractivity (Wildman–Crippen MR) is 73.9 cm³/mol. The fourth-order valence-corrected chi connectivity index (χ4v) is 3.62. The molecule has 0 spiro atoms. The number of nitrogens with zero attached hydrogens (tertiary/aromatic N) is 2. The van der Waals surface area contributed by atoms with Crippen LogP contribution >= 0.6 is 0 Å². The van der Waals surface area contributed by atoms with Crippen molar-refractivity contribution < 1.29 is 9.41 Å². The summed E-state index contributed by atoms with van der Waals surface area (Å²) in [6, 6.07) is 7.07. The average Bonchev–Trinajstić information content (AvgIpc) is 2.48. The molecular formula is C15H21N2O2+. The van der Waals surface area contributed by atoms with E-state index in [0.717, 1.165) is 12.3 Å². The Morgan fingerprint density at radius 1 is 1.11 bits per heavy atom. The number of benzene rings is 1. The molecule has 0 saturated carbocycles. The van der Waals surface area contributed by atoms with Crippen LogP contribution in [0.25, 0.3) is 0 Å². The van der Waals surface area contributed by atoms with Gasteiger partial charge in [-0.2, -0.15) is 0 Å². The van der Waals surface area contributed by atoms with Gasteiger partial charge in [0.05, 0.1) is 31.1 Å². The van der Waals surface area contributed by atoms with E-state index in [1.165, 1.54) is 55.5 Å². The molecule has 0 aromatic heterocycles. The molecule has 3 aliphatic rings. The zero-order valence-corrected chi connectivity index (χ0v) is 11.3. The Labute approximate surface area is 113 Å². The summed E-state index contributed by atoms with van der Waals surface area (Å²) in [5, 5.41) is 10.6. The lowest BCUT2D eigenvalue weighted by atomic mass is 9.85. The molecule has 1 aromatic rings. The van der Waals surface area contributed by atoms with Crippen LogP contribution in [0.1, 0.15) is 24.8 Å². The number of fused-ring (bicyclic) bond motifs is 3. The van der Waals surface area contributed by atoms with Crippen molar-refractivity contribution in [1.29, 1.82) is 0 Å². The molecule has 3 aliphatic heterocycles. The molecule has 4 nitrogen and oxygen atoms in total. The molecule has 102 valence electrons. The van der Waals surface area contributed by atoms with E-state index in [1.54, 1.807) is 12.1 Å². The van der Waals surface area contributed by atoms with Crippen LogP contribution in [0.5, 0.6) is 0 Å². The van der Waals surface area contributed by atoms with E-state index in [9.17, 15) is 10.1 Å². The summed E-state index contributed by atoms with van der Waals surface area (Å²) in [4.78, 5) is 10.3. The normalized spacial score (nSPS) is 29.4. The first-order valence-corrected chi connectivity index (χ1v) is 7.25. The van der Waals surface area contributed by atoms with Crippen LogP contribution in [0.4, 0.5) is 5.69 Å². The van der Waals surface area contributed by atoms with Crippen LogP contribution in [0, 0.1) is 16.0 Å². The lowest BCUT2D eigenvalue weighted by molar-refractivity contribution is -0.942. The summed E-state index contributed by atoms with van der Waals surface area (Å²) in [5.74, 6) is 0.999. The summed E-state index contributed by atoms with van der Waals surface area (Å²) in [7, 11) is 0. The van der Waals surface area contributed by atoms with Gasteiger partial charge in [-0.3, -0.25) is 10.1 Å². The Morgan fingerprint density at radius 2 is 1.68 bits per heavy atom. The lowest BCUT2D eigenvalue weighted by Gasteiger charge is -2.49. The fraction of sp³-hybridized carbons (Fsp3) is 0.600. The van der Waals surface area contributed by atoms with Gasteiger partial charge in [0.2, 0.25) is 0 Å². The lowest BCUT2D eigenvalue weighted by Crippen LogP contribution is -2.58. The molecule has 0 unspecified atom stereocenters. The molecule has 2 bridgehead atoms. The van der Waals surface area contributed by atoms with E-state index < -0.39 is 0 Å². The molecule has 0 atom stereocenters. The van der Waals surface area contributed by atoms with Gasteiger partial charge >= 0.3 is 0 Å². The maximum atomic E-state index is 10.6.